The summed E-state index contributed by atoms with van der Waals surface area (Å²) in [5.74, 6) is 0.659. The Morgan fingerprint density at radius 2 is 2.04 bits per heavy atom. The van der Waals surface area contributed by atoms with E-state index in [1.54, 1.807) is 23.1 Å². The third kappa shape index (κ3) is 4.34. The largest absolute Gasteiger partial charge is 0.383 e. The van der Waals surface area contributed by atoms with E-state index in [1.807, 2.05) is 13.2 Å². The van der Waals surface area contributed by atoms with E-state index in [-0.39, 0.29) is 17.8 Å². The molecule has 1 amide bonds. The van der Waals surface area contributed by atoms with Crippen LogP contribution in [-0.2, 0) is 7.05 Å². The van der Waals surface area contributed by atoms with Crippen molar-refractivity contribution in [1.29, 1.82) is 0 Å². The van der Waals surface area contributed by atoms with Crippen LogP contribution < -0.4 is 11.1 Å². The topological polar surface area (TPSA) is 85.8 Å². The molecular weight excluding hydrogens is 302 g/mol. The Morgan fingerprint density at radius 3 is 2.62 bits per heavy atom. The Kier molecular flexibility index (Phi) is 5.95. The first-order chi connectivity index (χ1) is 11.4. The van der Waals surface area contributed by atoms with Crippen molar-refractivity contribution in [1.82, 2.24) is 20.1 Å². The molecule has 2 unspecified atom stereocenters. The van der Waals surface area contributed by atoms with Gasteiger partial charge in [0.2, 0.25) is 0 Å². The molecule has 6 nitrogen and oxygen atoms in total. The number of nitrogens with one attached hydrogen (secondary N) is 1. The number of nitrogens with zero attached hydrogens (tertiary/aromatic N) is 3. The number of hydrogen-bond donors (Lipinski definition) is 2. The molecule has 24 heavy (non-hydrogen) atoms. The van der Waals surface area contributed by atoms with Crippen LogP contribution >= 0.6 is 0 Å². The molecule has 0 saturated carbocycles. The number of rotatable bonds is 7. The molecule has 6 heteroatoms. The summed E-state index contributed by atoms with van der Waals surface area (Å²) in [4.78, 5) is 16.8. The van der Waals surface area contributed by atoms with Crippen molar-refractivity contribution in [3.8, 4) is 11.1 Å². The summed E-state index contributed by atoms with van der Waals surface area (Å²) >= 11 is 0. The number of nitrogen functional groups attached to an aromatic ring is 1. The van der Waals surface area contributed by atoms with Gasteiger partial charge in [0.15, 0.2) is 0 Å². The van der Waals surface area contributed by atoms with Gasteiger partial charge in [-0.2, -0.15) is 5.10 Å². The van der Waals surface area contributed by atoms with E-state index < -0.39 is 0 Å². The predicted molar refractivity (Wildman–Crippen MR) is 96.5 cm³/mol. The highest BCUT2D eigenvalue weighted by Crippen LogP contribution is 2.22. The van der Waals surface area contributed by atoms with Gasteiger partial charge in [-0.25, -0.2) is 4.98 Å². The molecule has 0 spiro atoms. The first kappa shape index (κ1) is 18.0. The predicted octanol–water partition coefficient (Wildman–Crippen LogP) is 3.01. The van der Waals surface area contributed by atoms with Crippen molar-refractivity contribution in [2.45, 2.75) is 46.1 Å². The highest BCUT2D eigenvalue weighted by Gasteiger charge is 2.18. The second-order valence-corrected chi connectivity index (χ2v) is 6.39. The molecule has 0 saturated heterocycles. The Hall–Kier alpha value is -2.37. The minimum absolute atomic E-state index is 0.147. The minimum Gasteiger partial charge on any atom is -0.383 e. The van der Waals surface area contributed by atoms with Crippen LogP contribution in [-0.4, -0.2) is 26.7 Å². The van der Waals surface area contributed by atoms with E-state index in [4.69, 9.17) is 5.73 Å². The minimum atomic E-state index is -0.166. The summed E-state index contributed by atoms with van der Waals surface area (Å²) in [6, 6.07) is 1.93. The fourth-order valence-electron chi connectivity index (χ4n) is 2.63. The van der Waals surface area contributed by atoms with Crippen molar-refractivity contribution in [3.05, 3.63) is 30.2 Å². The number of amides is 1. The fourth-order valence-corrected chi connectivity index (χ4v) is 2.63. The van der Waals surface area contributed by atoms with Gasteiger partial charge in [-0.15, -0.1) is 0 Å². The Labute approximate surface area is 143 Å². The van der Waals surface area contributed by atoms with Crippen molar-refractivity contribution in [2.24, 2.45) is 13.0 Å². The molecule has 130 valence electrons. The van der Waals surface area contributed by atoms with E-state index in [0.717, 1.165) is 30.4 Å². The summed E-state index contributed by atoms with van der Waals surface area (Å²) in [6.45, 7) is 6.45. The summed E-state index contributed by atoms with van der Waals surface area (Å²) in [6.07, 6.45) is 8.26. The van der Waals surface area contributed by atoms with Crippen molar-refractivity contribution in [2.75, 3.05) is 5.73 Å². The molecule has 2 heterocycles. The van der Waals surface area contributed by atoms with Crippen molar-refractivity contribution in [3.63, 3.8) is 0 Å². The number of aryl methyl sites for hydroxylation is 1. The molecule has 2 rings (SSSR count). The Bertz CT molecular complexity index is 694. The maximum Gasteiger partial charge on any atom is 0.255 e. The Balaban J connectivity index is 2.19. The van der Waals surface area contributed by atoms with Crippen LogP contribution in [0.25, 0.3) is 11.1 Å². The number of anilines is 1. The lowest BCUT2D eigenvalue weighted by Crippen LogP contribution is -2.36. The highest BCUT2D eigenvalue weighted by atomic mass is 16.1. The Morgan fingerprint density at radius 1 is 1.29 bits per heavy atom. The van der Waals surface area contributed by atoms with Crippen LogP contribution in [0.4, 0.5) is 5.82 Å². The smallest absolute Gasteiger partial charge is 0.255 e. The standard InChI is InChI=1S/C18H27N5O/c1-5-12(3)7-15(6-2)22-18(24)16-8-13(9-20-17(16)19)14-10-21-23(4)11-14/h8-12,15H,5-7H2,1-4H3,(H2,19,20)(H,22,24). The van der Waals surface area contributed by atoms with Crippen LogP contribution in [0.1, 0.15) is 50.4 Å². The van der Waals surface area contributed by atoms with Gasteiger partial charge in [-0.05, 0) is 24.8 Å². The van der Waals surface area contributed by atoms with Gasteiger partial charge in [0, 0.05) is 36.6 Å². The second-order valence-electron chi connectivity index (χ2n) is 6.39. The van der Waals surface area contributed by atoms with Gasteiger partial charge in [-0.3, -0.25) is 9.48 Å². The third-order valence-electron chi connectivity index (χ3n) is 4.41. The van der Waals surface area contributed by atoms with Gasteiger partial charge in [0.25, 0.3) is 5.91 Å². The van der Waals surface area contributed by atoms with Gasteiger partial charge in [0.1, 0.15) is 5.82 Å². The zero-order chi connectivity index (χ0) is 17.7. The average Bonchev–Trinajstić information content (AvgIpc) is 3.00. The lowest BCUT2D eigenvalue weighted by Gasteiger charge is -2.20. The normalized spacial score (nSPS) is 13.5. The van der Waals surface area contributed by atoms with E-state index in [1.165, 1.54) is 0 Å². The van der Waals surface area contributed by atoms with Crippen LogP contribution in [0.15, 0.2) is 24.7 Å². The SMILES string of the molecule is CCC(C)CC(CC)NC(=O)c1cc(-c2cnn(C)c2)cnc1N. The van der Waals surface area contributed by atoms with Crippen molar-refractivity contribution < 1.29 is 4.79 Å². The number of nitrogens with two attached hydrogens (primary N) is 1. The maximum atomic E-state index is 12.6. The van der Waals surface area contributed by atoms with Gasteiger partial charge in [-0.1, -0.05) is 27.2 Å². The van der Waals surface area contributed by atoms with E-state index in [0.29, 0.717) is 11.5 Å². The first-order valence-corrected chi connectivity index (χ1v) is 8.49. The molecule has 0 aromatic carbocycles. The van der Waals surface area contributed by atoms with E-state index in [9.17, 15) is 4.79 Å². The molecule has 2 atom stereocenters. The number of carbonyl (C=O) groups excluding carboxylic acids is 1. The molecule has 2 aromatic heterocycles. The number of carbonyl (C=O) groups is 1. The molecule has 0 fully saturated rings. The van der Waals surface area contributed by atoms with Gasteiger partial charge < -0.3 is 11.1 Å². The lowest BCUT2D eigenvalue weighted by atomic mass is 9.97. The number of pyridine rings is 1. The van der Waals surface area contributed by atoms with Crippen molar-refractivity contribution >= 4 is 11.7 Å². The molecule has 2 aromatic rings. The van der Waals surface area contributed by atoms with Crippen LogP contribution in [0.5, 0.6) is 0 Å². The van der Waals surface area contributed by atoms with E-state index in [2.05, 4.69) is 36.2 Å². The molecule has 0 aliphatic carbocycles. The highest BCUT2D eigenvalue weighted by molar-refractivity contribution is 5.99. The lowest BCUT2D eigenvalue weighted by molar-refractivity contribution is 0.0931. The van der Waals surface area contributed by atoms with Gasteiger partial charge >= 0.3 is 0 Å². The molecule has 0 aliphatic rings. The third-order valence-corrected chi connectivity index (χ3v) is 4.41. The summed E-state index contributed by atoms with van der Waals surface area (Å²) in [7, 11) is 1.85. The summed E-state index contributed by atoms with van der Waals surface area (Å²) in [5.41, 5.74) is 8.08. The quantitative estimate of drug-likeness (QED) is 0.817. The summed E-state index contributed by atoms with van der Waals surface area (Å²) in [5, 5.41) is 7.24. The van der Waals surface area contributed by atoms with Crippen LogP contribution in [0, 0.1) is 5.92 Å². The summed E-state index contributed by atoms with van der Waals surface area (Å²) < 4.78 is 1.71. The van der Waals surface area contributed by atoms with Gasteiger partial charge in [0.05, 0.1) is 11.8 Å². The number of hydrogen-bond acceptors (Lipinski definition) is 4. The van der Waals surface area contributed by atoms with Crippen LogP contribution in [0.2, 0.25) is 0 Å². The van der Waals surface area contributed by atoms with Crippen LogP contribution in [0.3, 0.4) is 0 Å². The zero-order valence-corrected chi connectivity index (χ0v) is 14.9. The first-order valence-electron chi connectivity index (χ1n) is 8.49. The zero-order valence-electron chi connectivity index (χ0n) is 14.9. The molecule has 3 N–H and O–H groups in total. The average molecular weight is 329 g/mol. The molecule has 0 bridgehead atoms. The number of aromatic nitrogens is 3. The molecule has 0 aliphatic heterocycles. The van der Waals surface area contributed by atoms with E-state index >= 15 is 0 Å². The monoisotopic (exact) mass is 329 g/mol. The second kappa shape index (κ2) is 7.95. The maximum absolute atomic E-state index is 12.6. The molecular formula is C18H27N5O. The molecule has 0 radical (unpaired) electrons. The fraction of sp³-hybridized carbons (Fsp3) is 0.500.